The van der Waals surface area contributed by atoms with Gasteiger partial charge in [0.2, 0.25) is 0 Å². The lowest BCUT2D eigenvalue weighted by Gasteiger charge is -2.36. The first-order valence-corrected chi connectivity index (χ1v) is 7.55. The van der Waals surface area contributed by atoms with E-state index in [4.69, 9.17) is 0 Å². The average molecular weight is 271 g/mol. The smallest absolute Gasteiger partial charge is 0.160 e. The Morgan fingerprint density at radius 1 is 1.20 bits per heavy atom. The molecule has 4 heterocycles. The molecule has 4 rings (SSSR count). The maximum absolute atomic E-state index is 4.29. The number of hydrogen-bond acceptors (Lipinski definition) is 4. The Hall–Kier alpha value is -1.46. The molecule has 1 N–H and O–H groups in total. The molecule has 20 heavy (non-hydrogen) atoms. The van der Waals surface area contributed by atoms with Crippen LogP contribution in [0, 0.1) is 0 Å². The van der Waals surface area contributed by atoms with Gasteiger partial charge in [0, 0.05) is 24.3 Å². The van der Waals surface area contributed by atoms with Crippen LogP contribution in [0.4, 0.5) is 0 Å². The van der Waals surface area contributed by atoms with E-state index in [0.29, 0.717) is 6.04 Å². The number of pyridine rings is 1. The molecular formula is C15H21N5. The molecule has 5 nitrogen and oxygen atoms in total. The van der Waals surface area contributed by atoms with Crippen LogP contribution in [0.5, 0.6) is 0 Å². The van der Waals surface area contributed by atoms with Gasteiger partial charge in [-0.25, -0.2) is 0 Å². The highest BCUT2D eigenvalue weighted by atomic mass is 15.3. The summed E-state index contributed by atoms with van der Waals surface area (Å²) in [6.45, 7) is 0.805. The standard InChI is InChI=1S/C15H21N5/c1-19-12-5-6-13(19)9-11(8-12)16-10-15-18-17-14-4-2-3-7-20(14)15/h2-4,7,11-13,16H,5-6,8-10H2,1H3. The van der Waals surface area contributed by atoms with Crippen LogP contribution in [0.2, 0.25) is 0 Å². The van der Waals surface area contributed by atoms with Crippen molar-refractivity contribution in [3.63, 3.8) is 0 Å². The normalized spacial score (nSPS) is 30.1. The first-order valence-electron chi connectivity index (χ1n) is 7.55. The lowest BCUT2D eigenvalue weighted by molar-refractivity contribution is 0.148. The van der Waals surface area contributed by atoms with E-state index >= 15 is 0 Å². The predicted molar refractivity (Wildman–Crippen MR) is 77.4 cm³/mol. The molecule has 2 aromatic heterocycles. The summed E-state index contributed by atoms with van der Waals surface area (Å²) in [5, 5.41) is 12.2. The minimum atomic E-state index is 0.625. The molecule has 0 spiro atoms. The number of hydrogen-bond donors (Lipinski definition) is 1. The Labute approximate surface area is 119 Å². The number of fused-ring (bicyclic) bond motifs is 3. The zero-order valence-electron chi connectivity index (χ0n) is 11.9. The Bertz CT molecular complexity index is 593. The zero-order valence-corrected chi connectivity index (χ0v) is 11.9. The highest BCUT2D eigenvalue weighted by Gasteiger charge is 2.38. The number of rotatable bonds is 3. The molecule has 0 saturated carbocycles. The Morgan fingerprint density at radius 3 is 2.80 bits per heavy atom. The number of nitrogens with one attached hydrogen (secondary N) is 1. The van der Waals surface area contributed by atoms with E-state index in [-0.39, 0.29) is 0 Å². The van der Waals surface area contributed by atoms with Gasteiger partial charge in [-0.1, -0.05) is 6.07 Å². The van der Waals surface area contributed by atoms with Gasteiger partial charge in [-0.3, -0.25) is 4.40 Å². The molecule has 2 unspecified atom stereocenters. The van der Waals surface area contributed by atoms with Gasteiger partial charge in [0.1, 0.15) is 0 Å². The predicted octanol–water partition coefficient (Wildman–Crippen LogP) is 1.44. The van der Waals surface area contributed by atoms with Crippen LogP contribution in [0.1, 0.15) is 31.5 Å². The fourth-order valence-electron chi connectivity index (χ4n) is 3.83. The van der Waals surface area contributed by atoms with E-state index < -0.39 is 0 Å². The van der Waals surface area contributed by atoms with Crippen molar-refractivity contribution >= 4 is 5.65 Å². The van der Waals surface area contributed by atoms with Gasteiger partial charge in [0.25, 0.3) is 0 Å². The van der Waals surface area contributed by atoms with Crippen molar-refractivity contribution in [2.75, 3.05) is 7.05 Å². The van der Waals surface area contributed by atoms with Crippen molar-refractivity contribution in [1.29, 1.82) is 0 Å². The Balaban J connectivity index is 1.44. The van der Waals surface area contributed by atoms with Gasteiger partial charge in [-0.15, -0.1) is 10.2 Å². The van der Waals surface area contributed by atoms with Gasteiger partial charge in [-0.05, 0) is 44.9 Å². The molecule has 0 aliphatic carbocycles. The number of nitrogens with zero attached hydrogens (tertiary/aromatic N) is 4. The SMILES string of the molecule is CN1C2CCC1CC(NCc1nnc3ccccn13)C2. The largest absolute Gasteiger partial charge is 0.307 e. The summed E-state index contributed by atoms with van der Waals surface area (Å²) in [6.07, 6.45) is 7.30. The van der Waals surface area contributed by atoms with Crippen LogP contribution in [0.3, 0.4) is 0 Å². The quantitative estimate of drug-likeness (QED) is 0.917. The van der Waals surface area contributed by atoms with E-state index in [1.807, 2.05) is 24.4 Å². The molecule has 2 aliphatic heterocycles. The molecule has 0 aromatic carbocycles. The summed E-state index contributed by atoms with van der Waals surface area (Å²) in [5.74, 6) is 1.01. The second-order valence-corrected chi connectivity index (χ2v) is 6.14. The highest BCUT2D eigenvalue weighted by molar-refractivity contribution is 5.36. The minimum absolute atomic E-state index is 0.625. The lowest BCUT2D eigenvalue weighted by atomic mass is 9.98. The van der Waals surface area contributed by atoms with Crippen LogP contribution in [0.25, 0.3) is 5.65 Å². The minimum Gasteiger partial charge on any atom is -0.307 e. The van der Waals surface area contributed by atoms with Gasteiger partial charge >= 0.3 is 0 Å². The third kappa shape index (κ3) is 2.01. The first kappa shape index (κ1) is 12.3. The lowest BCUT2D eigenvalue weighted by Crippen LogP contribution is -2.47. The van der Waals surface area contributed by atoms with Crippen molar-refractivity contribution in [1.82, 2.24) is 24.8 Å². The fourth-order valence-corrected chi connectivity index (χ4v) is 3.83. The molecule has 0 radical (unpaired) electrons. The van der Waals surface area contributed by atoms with Crippen molar-refractivity contribution in [2.24, 2.45) is 0 Å². The van der Waals surface area contributed by atoms with E-state index in [2.05, 4.69) is 31.9 Å². The molecule has 2 aromatic rings. The van der Waals surface area contributed by atoms with Crippen LogP contribution < -0.4 is 5.32 Å². The van der Waals surface area contributed by atoms with Gasteiger partial charge < -0.3 is 10.2 Å². The molecular weight excluding hydrogens is 250 g/mol. The number of aromatic nitrogens is 3. The maximum atomic E-state index is 4.29. The zero-order chi connectivity index (χ0) is 13.5. The van der Waals surface area contributed by atoms with Crippen LogP contribution >= 0.6 is 0 Å². The van der Waals surface area contributed by atoms with Crippen LogP contribution in [-0.4, -0.2) is 44.7 Å². The van der Waals surface area contributed by atoms with E-state index in [1.165, 1.54) is 25.7 Å². The fraction of sp³-hybridized carbons (Fsp3) is 0.600. The van der Waals surface area contributed by atoms with E-state index in [0.717, 1.165) is 30.1 Å². The molecule has 106 valence electrons. The second kappa shape index (κ2) is 4.82. The van der Waals surface area contributed by atoms with Crippen molar-refractivity contribution in [2.45, 2.75) is 50.4 Å². The second-order valence-electron chi connectivity index (χ2n) is 6.14. The molecule has 2 saturated heterocycles. The molecule has 2 atom stereocenters. The topological polar surface area (TPSA) is 45.5 Å². The average Bonchev–Trinajstić information content (AvgIpc) is 2.95. The van der Waals surface area contributed by atoms with Crippen molar-refractivity contribution in [3.05, 3.63) is 30.2 Å². The molecule has 2 bridgehead atoms. The Kier molecular flexibility index (Phi) is 2.97. The maximum Gasteiger partial charge on any atom is 0.160 e. The highest BCUT2D eigenvalue weighted by Crippen LogP contribution is 2.34. The van der Waals surface area contributed by atoms with Gasteiger partial charge in [0.15, 0.2) is 11.5 Å². The van der Waals surface area contributed by atoms with Crippen molar-refractivity contribution < 1.29 is 0 Å². The monoisotopic (exact) mass is 271 g/mol. The molecule has 0 amide bonds. The summed E-state index contributed by atoms with van der Waals surface area (Å²) in [4.78, 5) is 2.57. The van der Waals surface area contributed by atoms with E-state index in [9.17, 15) is 0 Å². The van der Waals surface area contributed by atoms with E-state index in [1.54, 1.807) is 0 Å². The summed E-state index contributed by atoms with van der Waals surface area (Å²) in [6, 6.07) is 8.19. The summed E-state index contributed by atoms with van der Waals surface area (Å²) in [5.41, 5.74) is 0.924. The molecule has 5 heteroatoms. The van der Waals surface area contributed by atoms with Crippen LogP contribution in [-0.2, 0) is 6.54 Å². The van der Waals surface area contributed by atoms with Gasteiger partial charge in [-0.2, -0.15) is 0 Å². The first-order chi connectivity index (χ1) is 9.81. The molecule has 2 fully saturated rings. The summed E-state index contributed by atoms with van der Waals surface area (Å²) >= 11 is 0. The Morgan fingerprint density at radius 2 is 2.00 bits per heavy atom. The number of piperidine rings is 1. The summed E-state index contributed by atoms with van der Waals surface area (Å²) < 4.78 is 2.07. The van der Waals surface area contributed by atoms with Crippen LogP contribution in [0.15, 0.2) is 24.4 Å². The summed E-state index contributed by atoms with van der Waals surface area (Å²) in [7, 11) is 2.28. The van der Waals surface area contributed by atoms with Crippen molar-refractivity contribution in [3.8, 4) is 0 Å². The molecule has 2 aliphatic rings. The third-order valence-electron chi connectivity index (χ3n) is 5.03. The third-order valence-corrected chi connectivity index (χ3v) is 5.03. The van der Waals surface area contributed by atoms with Gasteiger partial charge in [0.05, 0.1) is 6.54 Å².